The monoisotopic (exact) mass is 233 g/mol. The summed E-state index contributed by atoms with van der Waals surface area (Å²) in [5, 5.41) is 0. The Hall–Kier alpha value is -1.78. The van der Waals surface area contributed by atoms with Crippen LogP contribution in [0.5, 0.6) is 0 Å². The molecule has 2 aliphatic rings. The smallest absolute Gasteiger partial charge is 0.241 e. The average molecular weight is 233 g/mol. The zero-order valence-corrected chi connectivity index (χ0v) is 9.80. The zero-order valence-electron chi connectivity index (χ0n) is 9.80. The van der Waals surface area contributed by atoms with Crippen LogP contribution in [-0.4, -0.2) is 29.3 Å². The van der Waals surface area contributed by atoms with Crippen LogP contribution in [0.4, 0.5) is 5.82 Å². The molecule has 0 saturated heterocycles. The Kier molecular flexibility index (Phi) is 2.59. The predicted octanol–water partition coefficient (Wildman–Crippen LogP) is 1.38. The molecular formula is C12H15N3O2. The lowest BCUT2D eigenvalue weighted by Crippen LogP contribution is -2.26. The molecule has 0 spiro atoms. The van der Waals surface area contributed by atoms with Crippen LogP contribution >= 0.6 is 0 Å². The van der Waals surface area contributed by atoms with Gasteiger partial charge in [-0.1, -0.05) is 0 Å². The third-order valence-electron chi connectivity index (χ3n) is 3.22. The van der Waals surface area contributed by atoms with Crippen LogP contribution in [0, 0.1) is 6.92 Å². The standard InChI is InChI=1S/C12H15N3O2/c1-9-10-2-4-15(12(10)14-8-13-9)5-3-11-16-6-7-17-11/h6-8,11H,2-5H2,1H3. The molecule has 0 aliphatic carbocycles. The summed E-state index contributed by atoms with van der Waals surface area (Å²) in [6.45, 7) is 3.95. The van der Waals surface area contributed by atoms with Crippen molar-refractivity contribution in [2.24, 2.45) is 0 Å². The zero-order chi connectivity index (χ0) is 11.7. The van der Waals surface area contributed by atoms with E-state index in [1.807, 2.05) is 6.92 Å². The molecule has 5 heteroatoms. The van der Waals surface area contributed by atoms with Crippen molar-refractivity contribution in [2.45, 2.75) is 26.1 Å². The van der Waals surface area contributed by atoms with E-state index in [0.717, 1.165) is 37.4 Å². The van der Waals surface area contributed by atoms with Crippen molar-refractivity contribution in [3.8, 4) is 0 Å². The van der Waals surface area contributed by atoms with Gasteiger partial charge in [0.2, 0.25) is 6.29 Å². The largest absolute Gasteiger partial charge is 0.459 e. The van der Waals surface area contributed by atoms with E-state index in [1.54, 1.807) is 18.9 Å². The van der Waals surface area contributed by atoms with Gasteiger partial charge >= 0.3 is 0 Å². The summed E-state index contributed by atoms with van der Waals surface area (Å²) in [7, 11) is 0. The molecule has 0 unspecified atom stereocenters. The van der Waals surface area contributed by atoms with E-state index in [9.17, 15) is 0 Å². The molecule has 90 valence electrons. The number of aromatic nitrogens is 2. The van der Waals surface area contributed by atoms with Crippen molar-refractivity contribution in [3.05, 3.63) is 30.1 Å². The fourth-order valence-corrected chi connectivity index (χ4v) is 2.29. The lowest BCUT2D eigenvalue weighted by atomic mass is 10.2. The molecule has 0 atom stereocenters. The van der Waals surface area contributed by atoms with E-state index < -0.39 is 0 Å². The molecular weight excluding hydrogens is 218 g/mol. The van der Waals surface area contributed by atoms with E-state index in [1.165, 1.54) is 5.56 Å². The maximum atomic E-state index is 5.26. The van der Waals surface area contributed by atoms with Crippen LogP contribution in [0.3, 0.4) is 0 Å². The van der Waals surface area contributed by atoms with Gasteiger partial charge in [0.25, 0.3) is 0 Å². The lowest BCUT2D eigenvalue weighted by molar-refractivity contribution is -0.0261. The summed E-state index contributed by atoms with van der Waals surface area (Å²) in [6.07, 6.45) is 6.56. The fraction of sp³-hybridized carbons (Fsp3) is 0.500. The van der Waals surface area contributed by atoms with Gasteiger partial charge in [-0.25, -0.2) is 9.97 Å². The first-order valence-corrected chi connectivity index (χ1v) is 5.86. The Bertz CT molecular complexity index is 439. The molecule has 0 bridgehead atoms. The molecule has 3 rings (SSSR count). The highest BCUT2D eigenvalue weighted by Gasteiger charge is 2.24. The van der Waals surface area contributed by atoms with Gasteiger partial charge in [0.15, 0.2) is 0 Å². The number of aryl methyl sites for hydroxylation is 1. The molecule has 0 saturated carbocycles. The van der Waals surface area contributed by atoms with Crippen molar-refractivity contribution in [1.29, 1.82) is 0 Å². The fourth-order valence-electron chi connectivity index (χ4n) is 2.29. The summed E-state index contributed by atoms with van der Waals surface area (Å²) < 4.78 is 10.5. The number of ether oxygens (including phenoxy) is 2. The van der Waals surface area contributed by atoms with Crippen LogP contribution in [0.15, 0.2) is 18.9 Å². The molecule has 0 fully saturated rings. The van der Waals surface area contributed by atoms with Crippen molar-refractivity contribution in [3.63, 3.8) is 0 Å². The maximum absolute atomic E-state index is 5.26. The second-order valence-electron chi connectivity index (χ2n) is 4.26. The second kappa shape index (κ2) is 4.24. The highest BCUT2D eigenvalue weighted by Crippen LogP contribution is 2.27. The molecule has 5 nitrogen and oxygen atoms in total. The van der Waals surface area contributed by atoms with Gasteiger partial charge in [0.1, 0.15) is 24.7 Å². The van der Waals surface area contributed by atoms with Crippen LogP contribution in [0.25, 0.3) is 0 Å². The third kappa shape index (κ3) is 1.92. The molecule has 2 aliphatic heterocycles. The number of hydrogen-bond acceptors (Lipinski definition) is 5. The van der Waals surface area contributed by atoms with E-state index in [-0.39, 0.29) is 6.29 Å². The Balaban J connectivity index is 1.65. The number of hydrogen-bond donors (Lipinski definition) is 0. The van der Waals surface area contributed by atoms with Gasteiger partial charge in [0.05, 0.1) is 0 Å². The van der Waals surface area contributed by atoms with Crippen LogP contribution in [0.1, 0.15) is 17.7 Å². The summed E-state index contributed by atoms with van der Waals surface area (Å²) in [6, 6.07) is 0. The molecule has 0 N–H and O–H groups in total. The molecule has 0 radical (unpaired) electrons. The first-order valence-electron chi connectivity index (χ1n) is 5.86. The van der Waals surface area contributed by atoms with Gasteiger partial charge in [-0.15, -0.1) is 0 Å². The van der Waals surface area contributed by atoms with Crippen LogP contribution in [0.2, 0.25) is 0 Å². The molecule has 0 aromatic carbocycles. The van der Waals surface area contributed by atoms with Crippen molar-refractivity contribution in [2.75, 3.05) is 18.0 Å². The summed E-state index contributed by atoms with van der Waals surface area (Å²) in [5.41, 5.74) is 2.37. The molecule has 1 aromatic heterocycles. The summed E-state index contributed by atoms with van der Waals surface area (Å²) in [5.74, 6) is 1.07. The first kappa shape index (κ1) is 10.4. The Morgan fingerprint density at radius 3 is 3.00 bits per heavy atom. The molecule has 1 aromatic rings. The maximum Gasteiger partial charge on any atom is 0.241 e. The number of fused-ring (bicyclic) bond motifs is 1. The number of rotatable bonds is 3. The third-order valence-corrected chi connectivity index (χ3v) is 3.22. The summed E-state index contributed by atoms with van der Waals surface area (Å²) in [4.78, 5) is 10.9. The Morgan fingerprint density at radius 2 is 2.18 bits per heavy atom. The molecule has 3 heterocycles. The highest BCUT2D eigenvalue weighted by atomic mass is 16.7. The highest BCUT2D eigenvalue weighted by molar-refractivity contribution is 5.53. The quantitative estimate of drug-likeness (QED) is 0.789. The van der Waals surface area contributed by atoms with Gasteiger partial charge in [-0.3, -0.25) is 0 Å². The van der Waals surface area contributed by atoms with Crippen LogP contribution < -0.4 is 4.90 Å². The normalized spacial score (nSPS) is 18.1. The molecule has 0 amide bonds. The van der Waals surface area contributed by atoms with Crippen molar-refractivity contribution in [1.82, 2.24) is 9.97 Å². The minimum Gasteiger partial charge on any atom is -0.459 e. The Labute approximate surface area is 100 Å². The minimum absolute atomic E-state index is 0.137. The van der Waals surface area contributed by atoms with Crippen LogP contribution in [-0.2, 0) is 15.9 Å². The first-order chi connectivity index (χ1) is 8.34. The SMILES string of the molecule is Cc1ncnc2c1CCN2CCC1OC=CO1. The topological polar surface area (TPSA) is 47.5 Å². The van der Waals surface area contributed by atoms with Crippen molar-refractivity contribution < 1.29 is 9.47 Å². The number of nitrogens with zero attached hydrogens (tertiary/aromatic N) is 3. The average Bonchev–Trinajstić information content (AvgIpc) is 2.95. The second-order valence-corrected chi connectivity index (χ2v) is 4.26. The number of anilines is 1. The predicted molar refractivity (Wildman–Crippen MR) is 62.4 cm³/mol. The summed E-state index contributed by atoms with van der Waals surface area (Å²) >= 11 is 0. The van der Waals surface area contributed by atoms with Gasteiger partial charge in [0, 0.05) is 30.8 Å². The minimum atomic E-state index is -0.137. The lowest BCUT2D eigenvalue weighted by Gasteiger charge is -2.19. The molecule has 17 heavy (non-hydrogen) atoms. The van der Waals surface area contributed by atoms with E-state index in [0.29, 0.717) is 0 Å². The van der Waals surface area contributed by atoms with Gasteiger partial charge in [-0.2, -0.15) is 0 Å². The van der Waals surface area contributed by atoms with Gasteiger partial charge < -0.3 is 14.4 Å². The van der Waals surface area contributed by atoms with Gasteiger partial charge in [-0.05, 0) is 13.3 Å². The van der Waals surface area contributed by atoms with Crippen molar-refractivity contribution >= 4 is 5.82 Å². The Morgan fingerprint density at radius 1 is 1.35 bits per heavy atom. The van der Waals surface area contributed by atoms with E-state index in [2.05, 4.69) is 14.9 Å². The van der Waals surface area contributed by atoms with E-state index in [4.69, 9.17) is 9.47 Å². The van der Waals surface area contributed by atoms with E-state index >= 15 is 0 Å².